The minimum Gasteiger partial charge on any atom is -0.383 e. The molecule has 1 rings (SSSR count). The Bertz CT molecular complexity index is 226. The van der Waals surface area contributed by atoms with Gasteiger partial charge in [0.25, 0.3) is 0 Å². The van der Waals surface area contributed by atoms with Crippen LogP contribution in [0, 0.1) is 0 Å². The predicted molar refractivity (Wildman–Crippen MR) is 54.2 cm³/mol. The zero-order valence-corrected chi connectivity index (χ0v) is 8.15. The van der Waals surface area contributed by atoms with Crippen molar-refractivity contribution in [2.45, 2.75) is 39.1 Å². The fourth-order valence-electron chi connectivity index (χ4n) is 1.50. The average molecular weight is 161 g/mol. The van der Waals surface area contributed by atoms with Crippen molar-refractivity contribution in [2.75, 3.05) is 0 Å². The van der Waals surface area contributed by atoms with Crippen molar-refractivity contribution >= 4 is 7.85 Å². The molecule has 1 aliphatic heterocycles. The number of allylic oxidation sites excluding steroid dienone is 2. The highest BCUT2D eigenvalue weighted by Crippen LogP contribution is 2.29. The molecule has 0 bridgehead atoms. The van der Waals surface area contributed by atoms with Gasteiger partial charge in [0.1, 0.15) is 0 Å². The Morgan fingerprint density at radius 1 is 1.58 bits per heavy atom. The summed E-state index contributed by atoms with van der Waals surface area (Å²) in [5, 5.41) is 3.37. The van der Waals surface area contributed by atoms with Crippen LogP contribution in [-0.2, 0) is 0 Å². The maximum absolute atomic E-state index is 5.89. The van der Waals surface area contributed by atoms with Gasteiger partial charge in [0.2, 0.25) is 0 Å². The third kappa shape index (κ3) is 1.74. The summed E-state index contributed by atoms with van der Waals surface area (Å²) < 4.78 is 0. The van der Waals surface area contributed by atoms with Crippen molar-refractivity contribution in [3.63, 3.8) is 0 Å². The van der Waals surface area contributed by atoms with Gasteiger partial charge in [-0.15, -0.1) is 0 Å². The molecule has 0 aromatic heterocycles. The third-order valence-corrected chi connectivity index (χ3v) is 2.35. The van der Waals surface area contributed by atoms with Crippen LogP contribution in [-0.4, -0.2) is 13.9 Å². The van der Waals surface area contributed by atoms with E-state index in [-0.39, 0.29) is 5.82 Å². The summed E-state index contributed by atoms with van der Waals surface area (Å²) in [5.74, 6) is 0.209. The summed E-state index contributed by atoms with van der Waals surface area (Å²) in [6, 6.07) is 0.361. The fraction of sp³-hybridized carbons (Fsp3) is 0.600. The maximum atomic E-state index is 5.89. The lowest BCUT2D eigenvalue weighted by Gasteiger charge is -2.33. The van der Waals surface area contributed by atoms with Gasteiger partial charge in [0, 0.05) is 11.7 Å². The molecular formula is C10H16BN. The third-order valence-electron chi connectivity index (χ3n) is 2.35. The highest BCUT2D eigenvalue weighted by molar-refractivity contribution is 6.12. The molecule has 64 valence electrons. The molecule has 0 spiro atoms. The SMILES string of the molecule is [B]C1CC(=C)C(=C(C)C)NC1C. The molecule has 2 heteroatoms. The summed E-state index contributed by atoms with van der Waals surface area (Å²) in [4.78, 5) is 0. The molecule has 1 N–H and O–H groups in total. The maximum Gasteiger partial charge on any atom is 0.0731 e. The van der Waals surface area contributed by atoms with Crippen molar-refractivity contribution in [1.29, 1.82) is 0 Å². The average Bonchev–Trinajstić information content (AvgIpc) is 1.96. The second-order valence-electron chi connectivity index (χ2n) is 3.78. The summed E-state index contributed by atoms with van der Waals surface area (Å²) in [6.07, 6.45) is 0.911. The second-order valence-corrected chi connectivity index (χ2v) is 3.78. The Balaban J connectivity index is 2.82. The van der Waals surface area contributed by atoms with Gasteiger partial charge < -0.3 is 5.32 Å². The Morgan fingerprint density at radius 2 is 2.17 bits per heavy atom. The van der Waals surface area contributed by atoms with Crippen LogP contribution in [0.2, 0.25) is 5.82 Å². The van der Waals surface area contributed by atoms with Crippen LogP contribution in [0.25, 0.3) is 0 Å². The molecule has 0 amide bonds. The first-order valence-electron chi connectivity index (χ1n) is 4.40. The Morgan fingerprint density at radius 3 is 2.67 bits per heavy atom. The van der Waals surface area contributed by atoms with Gasteiger partial charge in [0.05, 0.1) is 7.85 Å². The van der Waals surface area contributed by atoms with Crippen LogP contribution in [0.5, 0.6) is 0 Å². The van der Waals surface area contributed by atoms with Crippen LogP contribution in [0.15, 0.2) is 23.4 Å². The van der Waals surface area contributed by atoms with Gasteiger partial charge in [0.15, 0.2) is 0 Å². The molecule has 2 atom stereocenters. The van der Waals surface area contributed by atoms with E-state index < -0.39 is 0 Å². The minimum absolute atomic E-state index is 0.209. The summed E-state index contributed by atoms with van der Waals surface area (Å²) in [7, 11) is 5.89. The van der Waals surface area contributed by atoms with Crippen molar-refractivity contribution in [3.05, 3.63) is 23.4 Å². The van der Waals surface area contributed by atoms with Gasteiger partial charge >= 0.3 is 0 Å². The monoisotopic (exact) mass is 161 g/mol. The molecule has 0 aliphatic carbocycles. The van der Waals surface area contributed by atoms with E-state index in [4.69, 9.17) is 7.85 Å². The van der Waals surface area contributed by atoms with Crippen LogP contribution < -0.4 is 5.32 Å². The van der Waals surface area contributed by atoms with Crippen LogP contribution in [0.3, 0.4) is 0 Å². The Labute approximate surface area is 76.3 Å². The van der Waals surface area contributed by atoms with E-state index >= 15 is 0 Å². The topological polar surface area (TPSA) is 12.0 Å². The first-order valence-corrected chi connectivity index (χ1v) is 4.40. The normalized spacial score (nSPS) is 29.9. The number of nitrogens with one attached hydrogen (secondary N) is 1. The fourth-order valence-corrected chi connectivity index (χ4v) is 1.50. The van der Waals surface area contributed by atoms with E-state index in [2.05, 4.69) is 32.7 Å². The quantitative estimate of drug-likeness (QED) is 0.537. The molecule has 1 fully saturated rings. The van der Waals surface area contributed by atoms with E-state index in [9.17, 15) is 0 Å². The van der Waals surface area contributed by atoms with Crippen LogP contribution in [0.4, 0.5) is 0 Å². The van der Waals surface area contributed by atoms with E-state index in [0.717, 1.165) is 12.0 Å². The first kappa shape index (κ1) is 9.43. The zero-order chi connectivity index (χ0) is 9.30. The standard InChI is InChI=1S/C10H16BN/c1-6(2)10-7(3)5-9(11)8(4)12-10/h8-9,12H,3,5H2,1-2,4H3. The van der Waals surface area contributed by atoms with Crippen molar-refractivity contribution in [3.8, 4) is 0 Å². The number of hydrogen-bond acceptors (Lipinski definition) is 1. The minimum atomic E-state index is 0.209. The largest absolute Gasteiger partial charge is 0.383 e. The summed E-state index contributed by atoms with van der Waals surface area (Å²) in [5.41, 5.74) is 3.63. The molecule has 2 unspecified atom stereocenters. The van der Waals surface area contributed by atoms with Crippen molar-refractivity contribution < 1.29 is 0 Å². The number of piperidine rings is 1. The van der Waals surface area contributed by atoms with E-state index in [1.807, 2.05) is 0 Å². The molecule has 1 heterocycles. The molecule has 2 radical (unpaired) electrons. The summed E-state index contributed by atoms with van der Waals surface area (Å²) in [6.45, 7) is 10.3. The van der Waals surface area contributed by atoms with Gasteiger partial charge in [-0.1, -0.05) is 18.0 Å². The number of rotatable bonds is 0. The number of hydrogen-bond donors (Lipinski definition) is 1. The molecule has 0 aromatic carbocycles. The highest BCUT2D eigenvalue weighted by atomic mass is 14.9. The zero-order valence-electron chi connectivity index (χ0n) is 8.15. The lowest BCUT2D eigenvalue weighted by molar-refractivity contribution is 0.527. The lowest BCUT2D eigenvalue weighted by Crippen LogP contribution is -2.36. The van der Waals surface area contributed by atoms with Crippen molar-refractivity contribution in [1.82, 2.24) is 5.32 Å². The van der Waals surface area contributed by atoms with E-state index in [1.54, 1.807) is 0 Å². The molecule has 1 nitrogen and oxygen atoms in total. The molecule has 0 aromatic rings. The van der Waals surface area contributed by atoms with E-state index in [1.165, 1.54) is 11.3 Å². The smallest absolute Gasteiger partial charge is 0.0731 e. The van der Waals surface area contributed by atoms with E-state index in [0.29, 0.717) is 6.04 Å². The van der Waals surface area contributed by atoms with Crippen LogP contribution in [0.1, 0.15) is 27.2 Å². The second kappa shape index (κ2) is 3.38. The Kier molecular flexibility index (Phi) is 2.66. The molecular weight excluding hydrogens is 145 g/mol. The summed E-state index contributed by atoms with van der Waals surface area (Å²) >= 11 is 0. The first-order chi connectivity index (χ1) is 5.52. The van der Waals surface area contributed by atoms with Gasteiger partial charge in [-0.2, -0.15) is 0 Å². The lowest BCUT2D eigenvalue weighted by atomic mass is 9.73. The highest BCUT2D eigenvalue weighted by Gasteiger charge is 2.21. The van der Waals surface area contributed by atoms with Gasteiger partial charge in [-0.25, -0.2) is 0 Å². The molecule has 1 aliphatic rings. The van der Waals surface area contributed by atoms with Crippen molar-refractivity contribution in [2.24, 2.45) is 0 Å². The Hall–Kier alpha value is -0.655. The molecule has 12 heavy (non-hydrogen) atoms. The van der Waals surface area contributed by atoms with Gasteiger partial charge in [-0.05, 0) is 32.8 Å². The predicted octanol–water partition coefficient (Wildman–Crippen LogP) is 2.18. The van der Waals surface area contributed by atoms with Gasteiger partial charge in [-0.3, -0.25) is 0 Å². The van der Waals surface area contributed by atoms with Crippen LogP contribution >= 0.6 is 0 Å². The molecule has 1 saturated heterocycles. The molecule has 0 saturated carbocycles.